The molecule has 1 atom stereocenters. The van der Waals surface area contributed by atoms with Crippen molar-refractivity contribution >= 4 is 5.97 Å². The lowest BCUT2D eigenvalue weighted by atomic mass is 10.4. The second kappa shape index (κ2) is 4.20. The van der Waals surface area contributed by atoms with Gasteiger partial charge in [-0.25, -0.2) is 0 Å². The first-order valence-electron chi connectivity index (χ1n) is 3.56. The zero-order valence-electron chi connectivity index (χ0n) is 6.94. The van der Waals surface area contributed by atoms with E-state index in [2.05, 4.69) is 4.74 Å². The smallest absolute Gasteiger partial charge is 0.392 e. The Kier molecular flexibility index (Phi) is 3.19. The van der Waals surface area contributed by atoms with Gasteiger partial charge in [0.15, 0.2) is 0 Å². The Morgan fingerprint density at radius 2 is 2.18 bits per heavy atom. The number of ether oxygens (including phenoxy) is 1. The third kappa shape index (κ3) is 7.15. The molecule has 0 aromatic carbocycles. The lowest BCUT2D eigenvalue weighted by molar-refractivity contribution is -0.158. The van der Waals surface area contributed by atoms with Crippen molar-refractivity contribution in [3.8, 4) is 0 Å². The summed E-state index contributed by atoms with van der Waals surface area (Å²) in [6, 6.07) is 0. The molecule has 0 saturated heterocycles. The first-order chi connectivity index (χ1) is 5.33. The Morgan fingerprint density at radius 1 is 1.64 bits per heavy atom. The third-order valence-electron chi connectivity index (χ3n) is 0.866. The molecule has 1 unspecified atom stereocenters. The van der Waals surface area contributed by atoms with E-state index in [1.54, 1.807) is 0 Å². The molecule has 0 aromatic heterocycles. The molecule has 0 aliphatic heterocycles. The molecule has 0 heterocycles. The minimum Gasteiger partial charge on any atom is -0.465 e. The quantitative estimate of drug-likeness (QED) is 0.607. The van der Waals surface area contributed by atoms with Gasteiger partial charge in [0.25, 0.3) is 0 Å². The maximum Gasteiger partial charge on any atom is 0.392 e. The van der Waals surface area contributed by atoms with Crippen LogP contribution >= 0.6 is 0 Å². The zero-order chi connectivity index (χ0) is 9.78. The summed E-state index contributed by atoms with van der Waals surface area (Å²) in [6.45, 7) is 0.529. The molecule has 0 saturated carbocycles. The van der Waals surface area contributed by atoms with E-state index in [1.165, 1.54) is 6.92 Å². The van der Waals surface area contributed by atoms with Crippen LogP contribution in [0, 0.1) is 0 Å². The largest absolute Gasteiger partial charge is 0.465 e. The molecule has 11 heavy (non-hydrogen) atoms. The van der Waals surface area contributed by atoms with Crippen molar-refractivity contribution in [2.24, 2.45) is 0 Å². The van der Waals surface area contributed by atoms with Crippen LogP contribution in [0.2, 0.25) is 0 Å². The molecule has 0 amide bonds. The number of alkyl halides is 3. The fourth-order valence-electron chi connectivity index (χ4n) is 0.351. The van der Waals surface area contributed by atoms with Gasteiger partial charge in [-0.05, 0) is 0 Å². The summed E-state index contributed by atoms with van der Waals surface area (Å²) in [7, 11) is 0. The first kappa shape index (κ1) is 8.36. The Labute approximate surface area is 63.7 Å². The molecule has 0 bridgehead atoms. The average molecular weight is 172 g/mol. The van der Waals surface area contributed by atoms with E-state index in [-0.39, 0.29) is 0 Å². The summed E-state index contributed by atoms with van der Waals surface area (Å²) >= 11 is 0. The highest BCUT2D eigenvalue weighted by atomic mass is 19.4. The van der Waals surface area contributed by atoms with E-state index in [4.69, 9.17) is 1.37 Å². The Bertz CT molecular complexity index is 155. The van der Waals surface area contributed by atoms with Crippen molar-refractivity contribution in [2.75, 3.05) is 6.61 Å². The van der Waals surface area contributed by atoms with Crippen LogP contribution in [0.25, 0.3) is 0 Å². The number of hydrogen-bond acceptors (Lipinski definition) is 2. The van der Waals surface area contributed by atoms with Crippen molar-refractivity contribution in [2.45, 2.75) is 25.9 Å². The van der Waals surface area contributed by atoms with E-state index in [1.807, 2.05) is 0 Å². The first-order valence-corrected chi connectivity index (χ1v) is 2.98. The van der Waals surface area contributed by atoms with Gasteiger partial charge in [-0.3, -0.25) is 4.79 Å². The highest BCUT2D eigenvalue weighted by Crippen LogP contribution is 2.18. The Balaban J connectivity index is 3.51. The van der Waals surface area contributed by atoms with Crippen molar-refractivity contribution in [3.05, 3.63) is 0 Å². The normalized spacial score (nSPS) is 15.5. The number of carbonyl (C=O) groups excluding carboxylic acids is 1. The van der Waals surface area contributed by atoms with Crippen molar-refractivity contribution < 1.29 is 24.1 Å². The predicted molar refractivity (Wildman–Crippen MR) is 31.9 cm³/mol. The maximum absolute atomic E-state index is 11.5. The van der Waals surface area contributed by atoms with E-state index >= 15 is 0 Å². The number of hydrogen-bond donors (Lipinski definition) is 0. The maximum atomic E-state index is 11.5. The molecule has 0 aliphatic carbocycles. The van der Waals surface area contributed by atoms with Crippen LogP contribution in [-0.2, 0) is 9.53 Å². The summed E-state index contributed by atoms with van der Waals surface area (Å²) in [5, 5.41) is 0. The SMILES string of the molecule is [3H]C(C)C(=O)OCCC(F)(F)F. The monoisotopic (exact) mass is 172 g/mol. The van der Waals surface area contributed by atoms with Crippen LogP contribution < -0.4 is 0 Å². The van der Waals surface area contributed by atoms with Crippen LogP contribution in [0.4, 0.5) is 13.2 Å². The van der Waals surface area contributed by atoms with Crippen LogP contribution in [0.3, 0.4) is 0 Å². The molecule has 0 fully saturated rings. The van der Waals surface area contributed by atoms with Crippen LogP contribution in [0.15, 0.2) is 0 Å². The molecule has 2 nitrogen and oxygen atoms in total. The van der Waals surface area contributed by atoms with Gasteiger partial charge in [-0.1, -0.05) is 6.92 Å². The fraction of sp³-hybridized carbons (Fsp3) is 0.833. The molecule has 0 N–H and O–H groups in total. The number of esters is 1. The molecule has 0 aliphatic rings. The van der Waals surface area contributed by atoms with Crippen LogP contribution in [0.5, 0.6) is 0 Å². The molecule has 5 heteroatoms. The lowest BCUT2D eigenvalue weighted by Crippen LogP contribution is -2.13. The molecule has 0 spiro atoms. The molecular formula is C6H9F3O2. The lowest BCUT2D eigenvalue weighted by Gasteiger charge is -2.05. The van der Waals surface area contributed by atoms with Gasteiger partial charge in [0, 0.05) is 7.77 Å². The van der Waals surface area contributed by atoms with Crippen molar-refractivity contribution in [3.63, 3.8) is 0 Å². The topological polar surface area (TPSA) is 26.3 Å². The predicted octanol–water partition coefficient (Wildman–Crippen LogP) is 1.89. The number of rotatable bonds is 3. The second-order valence-electron chi connectivity index (χ2n) is 1.82. The summed E-state index contributed by atoms with van der Waals surface area (Å²) < 4.78 is 45.3. The van der Waals surface area contributed by atoms with Gasteiger partial charge < -0.3 is 4.74 Å². The van der Waals surface area contributed by atoms with Crippen LogP contribution in [-0.4, -0.2) is 18.8 Å². The summed E-state index contributed by atoms with van der Waals surface area (Å²) in [4.78, 5) is 10.5. The Hall–Kier alpha value is -0.740. The fourth-order valence-corrected chi connectivity index (χ4v) is 0.351. The van der Waals surface area contributed by atoms with Gasteiger partial charge in [0.2, 0.25) is 0 Å². The summed E-state index contributed by atoms with van der Waals surface area (Å²) in [6.07, 6.45) is -6.60. The second-order valence-corrected chi connectivity index (χ2v) is 1.82. The Morgan fingerprint density at radius 3 is 2.55 bits per heavy atom. The van der Waals surface area contributed by atoms with E-state index in [0.717, 1.165) is 0 Å². The van der Waals surface area contributed by atoms with E-state index in [0.29, 0.717) is 0 Å². The van der Waals surface area contributed by atoms with Crippen LogP contribution in [0.1, 0.15) is 21.1 Å². The standard InChI is InChI=1S/C6H9F3O2/c1-2-5(10)11-4-3-6(7,8)9/h2-4H2,1H3/i2T. The molecule has 0 aromatic rings. The zero-order valence-corrected chi connectivity index (χ0v) is 5.94. The molecule has 0 radical (unpaired) electrons. The van der Waals surface area contributed by atoms with Gasteiger partial charge in [0.05, 0.1) is 13.0 Å². The number of halogens is 3. The minimum atomic E-state index is -4.31. The van der Waals surface area contributed by atoms with Crippen molar-refractivity contribution in [1.82, 2.24) is 0 Å². The number of carbonyl (C=O) groups is 1. The highest BCUT2D eigenvalue weighted by molar-refractivity contribution is 5.68. The van der Waals surface area contributed by atoms with Gasteiger partial charge >= 0.3 is 12.1 Å². The van der Waals surface area contributed by atoms with Gasteiger partial charge in [-0.15, -0.1) is 0 Å². The summed E-state index contributed by atoms with van der Waals surface area (Å²) in [5.74, 6) is -0.931. The third-order valence-corrected chi connectivity index (χ3v) is 0.866. The molecule has 0 rings (SSSR count). The molecular weight excluding hydrogens is 161 g/mol. The molecule has 66 valence electrons. The van der Waals surface area contributed by atoms with Crippen molar-refractivity contribution in [1.29, 1.82) is 0 Å². The van der Waals surface area contributed by atoms with E-state index < -0.39 is 31.6 Å². The highest BCUT2D eigenvalue weighted by Gasteiger charge is 2.27. The van der Waals surface area contributed by atoms with E-state index in [9.17, 15) is 18.0 Å². The summed E-state index contributed by atoms with van der Waals surface area (Å²) in [5.41, 5.74) is 0. The van der Waals surface area contributed by atoms with Gasteiger partial charge in [0.1, 0.15) is 0 Å². The average Bonchev–Trinajstić information content (AvgIpc) is 1.84. The van der Waals surface area contributed by atoms with Gasteiger partial charge in [-0.2, -0.15) is 13.2 Å². The minimum absolute atomic E-state index is 0.703.